The van der Waals surface area contributed by atoms with Crippen molar-refractivity contribution in [3.63, 3.8) is 0 Å². The first kappa shape index (κ1) is 22.1. The second kappa shape index (κ2) is 9.93. The highest BCUT2D eigenvalue weighted by molar-refractivity contribution is 7.16. The van der Waals surface area contributed by atoms with Gasteiger partial charge in [0.15, 0.2) is 5.13 Å². The smallest absolute Gasteiger partial charge is 0.257 e. The summed E-state index contributed by atoms with van der Waals surface area (Å²) in [6.07, 6.45) is 3.48. The first-order valence-electron chi connectivity index (χ1n) is 10.3. The number of aryl methyl sites for hydroxylation is 1. The molecule has 0 fully saturated rings. The molecule has 3 rings (SSSR count). The van der Waals surface area contributed by atoms with E-state index in [2.05, 4.69) is 24.1 Å². The molecule has 0 radical (unpaired) electrons. The molecule has 2 aromatic rings. The number of thiazole rings is 1. The molecule has 1 atom stereocenters. The number of nitrogens with zero attached hydrogens (tertiary/aromatic N) is 2. The van der Waals surface area contributed by atoms with E-state index in [1.54, 1.807) is 32.4 Å². The number of aromatic nitrogens is 1. The highest BCUT2D eigenvalue weighted by atomic mass is 32.1. The topological polar surface area (TPSA) is 80.8 Å². The summed E-state index contributed by atoms with van der Waals surface area (Å²) in [6.45, 7) is 5.70. The molecule has 7 nitrogen and oxygen atoms in total. The molecule has 0 saturated heterocycles. The predicted molar refractivity (Wildman–Crippen MR) is 118 cm³/mol. The number of ether oxygens (including phenoxy) is 2. The number of nitrogens with one attached hydrogen (secondary N) is 1. The average molecular weight is 432 g/mol. The molecule has 1 heterocycles. The third-order valence-electron chi connectivity index (χ3n) is 5.15. The van der Waals surface area contributed by atoms with Crippen molar-refractivity contribution < 1.29 is 19.1 Å². The van der Waals surface area contributed by atoms with Gasteiger partial charge in [-0.3, -0.25) is 14.9 Å². The fourth-order valence-corrected chi connectivity index (χ4v) is 4.75. The van der Waals surface area contributed by atoms with E-state index in [0.29, 0.717) is 22.2 Å². The standard InChI is InChI=1S/C22H29N3O4S/c1-5-9-25(10-6-2)21(27)17-7-8-18-19(17)23-22(30-18)24-20(26)14-11-15(28-3)13-16(12-14)29-4/h11-13,17H,5-10H2,1-4H3,(H,23,24,26). The van der Waals surface area contributed by atoms with E-state index in [0.717, 1.165) is 49.3 Å². The number of fused-ring (bicyclic) bond motifs is 1. The minimum absolute atomic E-state index is 0.151. The SMILES string of the molecule is CCCN(CCC)C(=O)C1CCc2sc(NC(=O)c3cc(OC)cc(OC)c3)nc21. The largest absolute Gasteiger partial charge is 0.497 e. The van der Waals surface area contributed by atoms with E-state index >= 15 is 0 Å². The Morgan fingerprint density at radius 1 is 1.13 bits per heavy atom. The fraction of sp³-hybridized carbons (Fsp3) is 0.500. The van der Waals surface area contributed by atoms with Gasteiger partial charge in [-0.15, -0.1) is 11.3 Å². The first-order chi connectivity index (χ1) is 14.5. The lowest BCUT2D eigenvalue weighted by Gasteiger charge is -2.24. The Balaban J connectivity index is 1.76. The van der Waals surface area contributed by atoms with Gasteiger partial charge in [-0.25, -0.2) is 4.98 Å². The van der Waals surface area contributed by atoms with Crippen molar-refractivity contribution in [2.24, 2.45) is 0 Å². The predicted octanol–water partition coefficient (Wildman–Crippen LogP) is 4.09. The molecule has 30 heavy (non-hydrogen) atoms. The molecule has 1 N–H and O–H groups in total. The van der Waals surface area contributed by atoms with Crippen LogP contribution in [-0.4, -0.2) is 49.0 Å². The van der Waals surface area contributed by atoms with Crippen molar-refractivity contribution in [3.8, 4) is 11.5 Å². The normalized spacial score (nSPS) is 14.9. The van der Waals surface area contributed by atoms with Crippen LogP contribution in [0.25, 0.3) is 0 Å². The van der Waals surface area contributed by atoms with Crippen molar-refractivity contribution in [1.29, 1.82) is 0 Å². The molecule has 162 valence electrons. The maximum atomic E-state index is 13.1. The molecule has 2 amide bonds. The van der Waals surface area contributed by atoms with Crippen molar-refractivity contribution in [2.45, 2.75) is 45.4 Å². The Labute approximate surface area is 181 Å². The summed E-state index contributed by atoms with van der Waals surface area (Å²) in [5, 5.41) is 3.38. The maximum Gasteiger partial charge on any atom is 0.257 e. The average Bonchev–Trinajstić information content (AvgIpc) is 3.32. The Hall–Kier alpha value is -2.61. The second-order valence-corrected chi connectivity index (χ2v) is 8.38. The zero-order chi connectivity index (χ0) is 21.7. The lowest BCUT2D eigenvalue weighted by Crippen LogP contribution is -2.36. The first-order valence-corrected chi connectivity index (χ1v) is 11.1. The third kappa shape index (κ3) is 4.75. The quantitative estimate of drug-likeness (QED) is 0.647. The van der Waals surface area contributed by atoms with Crippen LogP contribution in [0.3, 0.4) is 0 Å². The van der Waals surface area contributed by atoms with Crippen LogP contribution >= 0.6 is 11.3 Å². The number of benzene rings is 1. The van der Waals surface area contributed by atoms with Crippen molar-refractivity contribution >= 4 is 28.3 Å². The van der Waals surface area contributed by atoms with Gasteiger partial charge < -0.3 is 14.4 Å². The summed E-state index contributed by atoms with van der Waals surface area (Å²) in [4.78, 5) is 33.4. The monoisotopic (exact) mass is 431 g/mol. The third-order valence-corrected chi connectivity index (χ3v) is 6.19. The van der Waals surface area contributed by atoms with Gasteiger partial charge in [-0.2, -0.15) is 0 Å². The van der Waals surface area contributed by atoms with Gasteiger partial charge >= 0.3 is 0 Å². The highest BCUT2D eigenvalue weighted by Crippen LogP contribution is 2.39. The summed E-state index contributed by atoms with van der Waals surface area (Å²) in [7, 11) is 3.08. The summed E-state index contributed by atoms with van der Waals surface area (Å²) >= 11 is 1.45. The summed E-state index contributed by atoms with van der Waals surface area (Å²) in [6, 6.07) is 5.01. The highest BCUT2D eigenvalue weighted by Gasteiger charge is 2.35. The Morgan fingerprint density at radius 2 is 1.77 bits per heavy atom. The van der Waals surface area contributed by atoms with Crippen molar-refractivity contribution in [3.05, 3.63) is 34.3 Å². The van der Waals surface area contributed by atoms with Crippen LogP contribution in [0.2, 0.25) is 0 Å². The lowest BCUT2D eigenvalue weighted by molar-refractivity contribution is -0.133. The van der Waals surface area contributed by atoms with Gasteiger partial charge in [0.1, 0.15) is 11.5 Å². The van der Waals surface area contributed by atoms with Crippen LogP contribution in [0.1, 0.15) is 60.0 Å². The number of carbonyl (C=O) groups is 2. The molecule has 0 spiro atoms. The van der Waals surface area contributed by atoms with Gasteiger partial charge in [-0.1, -0.05) is 13.8 Å². The van der Waals surface area contributed by atoms with Crippen molar-refractivity contribution in [2.75, 3.05) is 32.6 Å². The Kier molecular flexibility index (Phi) is 7.31. The zero-order valence-electron chi connectivity index (χ0n) is 18.0. The van der Waals surface area contributed by atoms with Gasteiger partial charge in [-0.05, 0) is 37.8 Å². The molecule has 0 aliphatic heterocycles. The van der Waals surface area contributed by atoms with Crippen LogP contribution in [0.5, 0.6) is 11.5 Å². The maximum absolute atomic E-state index is 13.1. The second-order valence-electron chi connectivity index (χ2n) is 7.30. The van der Waals surface area contributed by atoms with E-state index in [-0.39, 0.29) is 17.7 Å². The number of rotatable bonds is 9. The molecular weight excluding hydrogens is 402 g/mol. The van der Waals surface area contributed by atoms with Gasteiger partial charge in [0.05, 0.1) is 25.8 Å². The number of carbonyl (C=O) groups excluding carboxylic acids is 2. The Morgan fingerprint density at radius 3 is 2.33 bits per heavy atom. The minimum atomic E-state index is -0.291. The number of hydrogen-bond acceptors (Lipinski definition) is 6. The summed E-state index contributed by atoms with van der Waals surface area (Å²) < 4.78 is 10.5. The van der Waals surface area contributed by atoms with Crippen LogP contribution in [0.4, 0.5) is 5.13 Å². The molecule has 0 bridgehead atoms. The van der Waals surface area contributed by atoms with Gasteiger partial charge in [0.2, 0.25) is 5.91 Å². The van der Waals surface area contributed by atoms with Crippen LogP contribution in [0.15, 0.2) is 18.2 Å². The number of methoxy groups -OCH3 is 2. The molecule has 0 saturated carbocycles. The van der Waals surface area contributed by atoms with Crippen LogP contribution < -0.4 is 14.8 Å². The minimum Gasteiger partial charge on any atom is -0.497 e. The van der Waals surface area contributed by atoms with Crippen LogP contribution in [0, 0.1) is 0 Å². The van der Waals surface area contributed by atoms with Gasteiger partial charge in [0, 0.05) is 29.6 Å². The number of anilines is 1. The van der Waals surface area contributed by atoms with Crippen LogP contribution in [-0.2, 0) is 11.2 Å². The van der Waals surface area contributed by atoms with Crippen molar-refractivity contribution in [1.82, 2.24) is 9.88 Å². The molecule has 1 aliphatic carbocycles. The molecule has 1 aromatic heterocycles. The summed E-state index contributed by atoms with van der Waals surface area (Å²) in [5.41, 5.74) is 1.24. The molecular formula is C22H29N3O4S. The number of hydrogen-bond donors (Lipinski definition) is 1. The van der Waals surface area contributed by atoms with E-state index in [1.165, 1.54) is 11.3 Å². The molecule has 1 unspecified atom stereocenters. The van der Waals surface area contributed by atoms with Gasteiger partial charge in [0.25, 0.3) is 5.91 Å². The zero-order valence-corrected chi connectivity index (χ0v) is 18.8. The Bertz CT molecular complexity index is 884. The van der Waals surface area contributed by atoms with E-state index < -0.39 is 0 Å². The fourth-order valence-electron chi connectivity index (χ4n) is 3.72. The van der Waals surface area contributed by atoms with E-state index in [4.69, 9.17) is 9.47 Å². The molecule has 8 heteroatoms. The summed E-state index contributed by atoms with van der Waals surface area (Å²) in [5.74, 6) is 0.730. The molecule has 1 aliphatic rings. The van der Waals surface area contributed by atoms with E-state index in [1.807, 2.05) is 4.90 Å². The molecule has 1 aromatic carbocycles. The lowest BCUT2D eigenvalue weighted by atomic mass is 10.1. The van der Waals surface area contributed by atoms with E-state index in [9.17, 15) is 9.59 Å². The number of amides is 2.